The van der Waals surface area contributed by atoms with E-state index in [-0.39, 0.29) is 0 Å². The van der Waals surface area contributed by atoms with Gasteiger partial charge in [0.1, 0.15) is 0 Å². The highest BCUT2D eigenvalue weighted by Gasteiger charge is 2.08. The molecule has 78 valence electrons. The predicted molar refractivity (Wildman–Crippen MR) is 61.9 cm³/mol. The SMILES string of the molecule is COc1cc(/C=C/C#N)cc(Br)c1OC. The van der Waals surface area contributed by atoms with Crippen molar-refractivity contribution >= 4 is 22.0 Å². The van der Waals surface area contributed by atoms with Crippen molar-refractivity contribution in [1.82, 2.24) is 0 Å². The van der Waals surface area contributed by atoms with Gasteiger partial charge in [0.2, 0.25) is 0 Å². The van der Waals surface area contributed by atoms with Gasteiger partial charge in [0, 0.05) is 6.08 Å². The summed E-state index contributed by atoms with van der Waals surface area (Å²) >= 11 is 3.37. The lowest BCUT2D eigenvalue weighted by molar-refractivity contribution is 0.353. The molecule has 4 heteroatoms. The molecule has 15 heavy (non-hydrogen) atoms. The molecule has 1 aromatic rings. The van der Waals surface area contributed by atoms with Crippen LogP contribution in [0.25, 0.3) is 6.08 Å². The largest absolute Gasteiger partial charge is 0.493 e. The Hall–Kier alpha value is -1.47. The van der Waals surface area contributed by atoms with Gasteiger partial charge in [-0.15, -0.1) is 0 Å². The molecule has 0 aliphatic rings. The van der Waals surface area contributed by atoms with E-state index in [0.717, 1.165) is 10.0 Å². The molecule has 0 bridgehead atoms. The monoisotopic (exact) mass is 267 g/mol. The van der Waals surface area contributed by atoms with Gasteiger partial charge < -0.3 is 9.47 Å². The summed E-state index contributed by atoms with van der Waals surface area (Å²) in [5.74, 6) is 1.27. The number of methoxy groups -OCH3 is 2. The number of ether oxygens (including phenoxy) is 2. The van der Waals surface area contributed by atoms with Gasteiger partial charge in [-0.25, -0.2) is 0 Å². The molecule has 0 aliphatic heterocycles. The van der Waals surface area contributed by atoms with Crippen LogP contribution >= 0.6 is 15.9 Å². The fourth-order valence-electron chi connectivity index (χ4n) is 1.17. The minimum Gasteiger partial charge on any atom is -0.493 e. The van der Waals surface area contributed by atoms with Crippen LogP contribution in [0.15, 0.2) is 22.7 Å². The number of allylic oxidation sites excluding steroid dienone is 1. The molecule has 0 fully saturated rings. The molecule has 0 atom stereocenters. The van der Waals surface area contributed by atoms with Gasteiger partial charge in [-0.05, 0) is 39.7 Å². The second-order valence-electron chi connectivity index (χ2n) is 2.70. The summed E-state index contributed by atoms with van der Waals surface area (Å²) in [4.78, 5) is 0. The fraction of sp³-hybridized carbons (Fsp3) is 0.182. The van der Waals surface area contributed by atoms with Crippen molar-refractivity contribution in [2.45, 2.75) is 0 Å². The van der Waals surface area contributed by atoms with Crippen molar-refractivity contribution in [3.8, 4) is 17.6 Å². The average molecular weight is 268 g/mol. The Balaban J connectivity index is 3.20. The van der Waals surface area contributed by atoms with Crippen molar-refractivity contribution in [2.24, 2.45) is 0 Å². The number of rotatable bonds is 3. The molecule has 0 aliphatic carbocycles. The molecule has 0 saturated heterocycles. The molecule has 0 unspecified atom stereocenters. The summed E-state index contributed by atoms with van der Waals surface area (Å²) in [7, 11) is 3.15. The molecular weight excluding hydrogens is 258 g/mol. The molecule has 0 amide bonds. The Morgan fingerprint density at radius 2 is 2.07 bits per heavy atom. The molecule has 0 aromatic heterocycles. The zero-order valence-corrected chi connectivity index (χ0v) is 10.0. The predicted octanol–water partition coefficient (Wildman–Crippen LogP) is 3.00. The van der Waals surface area contributed by atoms with Crippen LogP contribution in [0.4, 0.5) is 0 Å². The lowest BCUT2D eigenvalue weighted by Gasteiger charge is -2.10. The molecule has 3 nitrogen and oxygen atoms in total. The van der Waals surface area contributed by atoms with E-state index in [1.807, 2.05) is 12.1 Å². The lowest BCUT2D eigenvalue weighted by Crippen LogP contribution is -1.92. The first kappa shape index (κ1) is 11.6. The number of benzene rings is 1. The Morgan fingerprint density at radius 1 is 1.33 bits per heavy atom. The maximum absolute atomic E-state index is 8.42. The standard InChI is InChI=1S/C11H10BrNO2/c1-14-10-7-8(4-3-5-13)6-9(12)11(10)15-2/h3-4,6-7H,1-2H3/b4-3+. The van der Waals surface area contributed by atoms with E-state index in [1.54, 1.807) is 26.4 Å². The molecule has 0 spiro atoms. The van der Waals surface area contributed by atoms with Crippen molar-refractivity contribution in [2.75, 3.05) is 14.2 Å². The van der Waals surface area contributed by atoms with Gasteiger partial charge >= 0.3 is 0 Å². The number of nitriles is 1. The first-order chi connectivity index (χ1) is 7.22. The van der Waals surface area contributed by atoms with Crippen LogP contribution in [-0.4, -0.2) is 14.2 Å². The number of nitrogens with zero attached hydrogens (tertiary/aromatic N) is 1. The van der Waals surface area contributed by atoms with Gasteiger partial charge in [0.25, 0.3) is 0 Å². The lowest BCUT2D eigenvalue weighted by atomic mass is 10.2. The minimum atomic E-state index is 0.629. The van der Waals surface area contributed by atoms with E-state index in [4.69, 9.17) is 14.7 Å². The Bertz CT molecular complexity index is 421. The third-order valence-electron chi connectivity index (χ3n) is 1.81. The van der Waals surface area contributed by atoms with Crippen molar-refractivity contribution in [1.29, 1.82) is 5.26 Å². The van der Waals surface area contributed by atoms with Gasteiger partial charge in [0.05, 0.1) is 24.8 Å². The van der Waals surface area contributed by atoms with Gasteiger partial charge in [-0.2, -0.15) is 5.26 Å². The smallest absolute Gasteiger partial charge is 0.174 e. The molecule has 0 radical (unpaired) electrons. The summed E-state index contributed by atoms with van der Waals surface area (Å²) in [6.07, 6.45) is 3.11. The highest BCUT2D eigenvalue weighted by molar-refractivity contribution is 9.10. The Kier molecular flexibility index (Phi) is 4.19. The van der Waals surface area contributed by atoms with Crippen LogP contribution < -0.4 is 9.47 Å². The number of hydrogen-bond acceptors (Lipinski definition) is 3. The maximum Gasteiger partial charge on any atom is 0.174 e. The molecular formula is C11H10BrNO2. The summed E-state index contributed by atoms with van der Waals surface area (Å²) in [6.45, 7) is 0. The van der Waals surface area contributed by atoms with Crippen LogP contribution in [0.1, 0.15) is 5.56 Å². The molecule has 0 saturated carbocycles. The van der Waals surface area contributed by atoms with E-state index in [0.29, 0.717) is 11.5 Å². The molecule has 0 heterocycles. The summed E-state index contributed by atoms with van der Waals surface area (Å²) in [6, 6.07) is 5.59. The first-order valence-corrected chi connectivity index (χ1v) is 5.00. The second kappa shape index (κ2) is 5.42. The maximum atomic E-state index is 8.42. The zero-order valence-electron chi connectivity index (χ0n) is 8.45. The summed E-state index contributed by atoms with van der Waals surface area (Å²) < 4.78 is 11.1. The third kappa shape index (κ3) is 2.74. The van der Waals surface area contributed by atoms with Gasteiger partial charge in [-0.1, -0.05) is 0 Å². The molecule has 1 aromatic carbocycles. The van der Waals surface area contributed by atoms with E-state index in [1.165, 1.54) is 6.08 Å². The molecule has 1 rings (SSSR count). The quantitative estimate of drug-likeness (QED) is 0.791. The highest BCUT2D eigenvalue weighted by atomic mass is 79.9. The molecule has 0 N–H and O–H groups in total. The second-order valence-corrected chi connectivity index (χ2v) is 3.56. The van der Waals surface area contributed by atoms with E-state index >= 15 is 0 Å². The fourth-order valence-corrected chi connectivity index (χ4v) is 1.79. The highest BCUT2D eigenvalue weighted by Crippen LogP contribution is 2.36. The first-order valence-electron chi connectivity index (χ1n) is 4.20. The summed E-state index contributed by atoms with van der Waals surface area (Å²) in [5, 5.41) is 8.42. The van der Waals surface area contributed by atoms with Crippen LogP contribution in [0.5, 0.6) is 11.5 Å². The van der Waals surface area contributed by atoms with Gasteiger partial charge in [0.15, 0.2) is 11.5 Å². The van der Waals surface area contributed by atoms with E-state index in [2.05, 4.69) is 15.9 Å². The van der Waals surface area contributed by atoms with Gasteiger partial charge in [-0.3, -0.25) is 0 Å². The van der Waals surface area contributed by atoms with Crippen molar-refractivity contribution < 1.29 is 9.47 Å². The van der Waals surface area contributed by atoms with Crippen molar-refractivity contribution in [3.05, 3.63) is 28.2 Å². The zero-order chi connectivity index (χ0) is 11.3. The van der Waals surface area contributed by atoms with E-state index < -0.39 is 0 Å². The summed E-state index contributed by atoms with van der Waals surface area (Å²) in [5.41, 5.74) is 0.876. The topological polar surface area (TPSA) is 42.2 Å². The van der Waals surface area contributed by atoms with Crippen LogP contribution in [0.2, 0.25) is 0 Å². The third-order valence-corrected chi connectivity index (χ3v) is 2.40. The normalized spacial score (nSPS) is 10.0. The minimum absolute atomic E-state index is 0.629. The Labute approximate surface area is 97.1 Å². The van der Waals surface area contributed by atoms with Crippen LogP contribution in [0.3, 0.4) is 0 Å². The van der Waals surface area contributed by atoms with Crippen LogP contribution in [-0.2, 0) is 0 Å². The average Bonchev–Trinajstić information content (AvgIpc) is 2.25. The number of halogens is 1. The van der Waals surface area contributed by atoms with Crippen molar-refractivity contribution in [3.63, 3.8) is 0 Å². The van der Waals surface area contributed by atoms with Crippen LogP contribution in [0, 0.1) is 11.3 Å². The van der Waals surface area contributed by atoms with E-state index in [9.17, 15) is 0 Å². The number of hydrogen-bond donors (Lipinski definition) is 0. The Morgan fingerprint density at radius 3 is 2.60 bits per heavy atom.